The van der Waals surface area contributed by atoms with E-state index in [4.69, 9.17) is 10.5 Å². The minimum absolute atomic E-state index is 0.361. The molecule has 4 nitrogen and oxygen atoms in total. The number of rotatable bonds is 9. The van der Waals surface area contributed by atoms with Crippen molar-refractivity contribution in [1.82, 2.24) is 5.32 Å². The highest BCUT2D eigenvalue weighted by atomic mass is 16.5. The Morgan fingerprint density at radius 1 is 1.26 bits per heavy atom. The van der Waals surface area contributed by atoms with Gasteiger partial charge in [0.05, 0.1) is 0 Å². The average Bonchev–Trinajstić information content (AvgIpc) is 2.43. The number of hydrogen-bond donors (Lipinski definition) is 2. The van der Waals surface area contributed by atoms with Crippen LogP contribution in [-0.2, 0) is 15.1 Å². The maximum absolute atomic E-state index is 12.0. The quantitative estimate of drug-likeness (QED) is 0.668. The van der Waals surface area contributed by atoms with Gasteiger partial charge in [-0.2, -0.15) is 0 Å². The van der Waals surface area contributed by atoms with Gasteiger partial charge >= 0.3 is 0 Å². The molecule has 1 aromatic carbocycles. The summed E-state index contributed by atoms with van der Waals surface area (Å²) < 4.78 is 5.51. The molecule has 0 fully saturated rings. The van der Waals surface area contributed by atoms with Crippen molar-refractivity contribution in [3.63, 3.8) is 0 Å². The molecule has 0 radical (unpaired) electrons. The van der Waals surface area contributed by atoms with Crippen molar-refractivity contribution in [2.75, 3.05) is 19.8 Å². The SMILES string of the molecule is CCCOCCC(NCC)(C(N)=O)c1ccccc1. The largest absolute Gasteiger partial charge is 0.381 e. The second-order valence-corrected chi connectivity index (χ2v) is 4.53. The van der Waals surface area contributed by atoms with Crippen molar-refractivity contribution in [1.29, 1.82) is 0 Å². The van der Waals surface area contributed by atoms with Crippen LogP contribution in [0, 0.1) is 0 Å². The van der Waals surface area contributed by atoms with Gasteiger partial charge in [0.25, 0.3) is 0 Å². The third-order valence-electron chi connectivity index (χ3n) is 3.14. The number of hydrogen-bond acceptors (Lipinski definition) is 3. The molecular formula is C15H24N2O2. The Hall–Kier alpha value is -1.39. The van der Waals surface area contributed by atoms with E-state index < -0.39 is 5.54 Å². The molecule has 0 aliphatic heterocycles. The number of likely N-dealkylation sites (N-methyl/N-ethyl adjacent to an activating group) is 1. The van der Waals surface area contributed by atoms with Gasteiger partial charge in [0, 0.05) is 19.6 Å². The van der Waals surface area contributed by atoms with Crippen molar-refractivity contribution in [3.05, 3.63) is 35.9 Å². The van der Waals surface area contributed by atoms with E-state index in [1.165, 1.54) is 0 Å². The van der Waals surface area contributed by atoms with Gasteiger partial charge in [0.15, 0.2) is 0 Å². The van der Waals surface area contributed by atoms with Crippen molar-refractivity contribution in [3.8, 4) is 0 Å². The molecule has 0 bridgehead atoms. The highest BCUT2D eigenvalue weighted by Crippen LogP contribution is 2.25. The average molecular weight is 264 g/mol. The van der Waals surface area contributed by atoms with Crippen LogP contribution in [0.5, 0.6) is 0 Å². The number of nitrogens with one attached hydrogen (secondary N) is 1. The minimum Gasteiger partial charge on any atom is -0.381 e. The number of benzene rings is 1. The fourth-order valence-electron chi connectivity index (χ4n) is 2.18. The third kappa shape index (κ3) is 4.04. The Morgan fingerprint density at radius 2 is 1.95 bits per heavy atom. The fraction of sp³-hybridized carbons (Fsp3) is 0.533. The summed E-state index contributed by atoms with van der Waals surface area (Å²) in [5.41, 5.74) is 5.70. The van der Waals surface area contributed by atoms with Gasteiger partial charge in [-0.1, -0.05) is 44.2 Å². The van der Waals surface area contributed by atoms with Crippen LogP contribution in [-0.4, -0.2) is 25.7 Å². The van der Waals surface area contributed by atoms with E-state index in [0.29, 0.717) is 26.2 Å². The first-order valence-electron chi connectivity index (χ1n) is 6.85. The lowest BCUT2D eigenvalue weighted by molar-refractivity contribution is -0.125. The van der Waals surface area contributed by atoms with Crippen LogP contribution >= 0.6 is 0 Å². The minimum atomic E-state index is -0.844. The van der Waals surface area contributed by atoms with E-state index in [9.17, 15) is 4.79 Å². The van der Waals surface area contributed by atoms with Crippen LogP contribution in [0.25, 0.3) is 0 Å². The zero-order chi connectivity index (χ0) is 14.1. The summed E-state index contributed by atoms with van der Waals surface area (Å²) in [5.74, 6) is -0.361. The van der Waals surface area contributed by atoms with E-state index in [1.807, 2.05) is 37.3 Å². The topological polar surface area (TPSA) is 64.3 Å². The summed E-state index contributed by atoms with van der Waals surface area (Å²) in [6.07, 6.45) is 1.51. The lowest BCUT2D eigenvalue weighted by atomic mass is 9.86. The van der Waals surface area contributed by atoms with E-state index in [2.05, 4.69) is 12.2 Å². The smallest absolute Gasteiger partial charge is 0.242 e. The van der Waals surface area contributed by atoms with Gasteiger partial charge in [0.2, 0.25) is 5.91 Å². The molecule has 0 saturated carbocycles. The summed E-state index contributed by atoms with van der Waals surface area (Å²) in [7, 11) is 0. The number of nitrogens with two attached hydrogens (primary N) is 1. The molecule has 3 N–H and O–H groups in total. The molecule has 0 aromatic heterocycles. The molecule has 19 heavy (non-hydrogen) atoms. The lowest BCUT2D eigenvalue weighted by Crippen LogP contribution is -2.53. The van der Waals surface area contributed by atoms with Crippen molar-refractivity contribution >= 4 is 5.91 Å². The molecule has 0 spiro atoms. The zero-order valence-electron chi connectivity index (χ0n) is 11.8. The summed E-state index contributed by atoms with van der Waals surface area (Å²) in [6.45, 7) is 5.91. The maximum atomic E-state index is 12.0. The molecule has 106 valence electrons. The molecule has 0 saturated heterocycles. The monoisotopic (exact) mass is 264 g/mol. The van der Waals surface area contributed by atoms with Crippen molar-refractivity contribution in [2.24, 2.45) is 5.73 Å². The Morgan fingerprint density at radius 3 is 2.47 bits per heavy atom. The van der Waals surface area contributed by atoms with Crippen LogP contribution in [0.3, 0.4) is 0 Å². The second-order valence-electron chi connectivity index (χ2n) is 4.53. The predicted octanol–water partition coefficient (Wildman–Crippen LogP) is 1.79. The van der Waals surface area contributed by atoms with Crippen molar-refractivity contribution in [2.45, 2.75) is 32.2 Å². The summed E-state index contributed by atoms with van der Waals surface area (Å²) in [6, 6.07) is 9.60. The highest BCUT2D eigenvalue weighted by molar-refractivity contribution is 5.86. The van der Waals surface area contributed by atoms with Gasteiger partial charge in [-0.25, -0.2) is 0 Å². The standard InChI is InChI=1S/C15H24N2O2/c1-3-11-19-12-10-15(14(16)18,17-4-2)13-8-6-5-7-9-13/h5-9,17H,3-4,10-12H2,1-2H3,(H2,16,18). The van der Waals surface area contributed by atoms with E-state index in [0.717, 1.165) is 12.0 Å². The number of primary amides is 1. The normalized spacial score (nSPS) is 14.0. The van der Waals surface area contributed by atoms with Gasteiger partial charge in [0.1, 0.15) is 5.54 Å². The number of ether oxygens (including phenoxy) is 1. The first kappa shape index (κ1) is 15.7. The zero-order valence-corrected chi connectivity index (χ0v) is 11.8. The van der Waals surface area contributed by atoms with Crippen LogP contribution in [0.4, 0.5) is 0 Å². The number of amides is 1. The maximum Gasteiger partial charge on any atom is 0.242 e. The molecule has 0 heterocycles. The number of carbonyl (C=O) groups is 1. The van der Waals surface area contributed by atoms with E-state index in [-0.39, 0.29) is 5.91 Å². The first-order chi connectivity index (χ1) is 9.17. The molecule has 1 rings (SSSR count). The summed E-state index contributed by atoms with van der Waals surface area (Å²) in [4.78, 5) is 12.0. The molecule has 0 aliphatic rings. The molecule has 1 aromatic rings. The Balaban J connectivity index is 2.91. The Bertz CT molecular complexity index is 381. The molecule has 0 aliphatic carbocycles. The predicted molar refractivity (Wildman–Crippen MR) is 76.7 cm³/mol. The molecular weight excluding hydrogens is 240 g/mol. The Kier molecular flexibility index (Phi) is 6.53. The van der Waals surface area contributed by atoms with E-state index in [1.54, 1.807) is 0 Å². The Labute approximate surface area is 115 Å². The van der Waals surface area contributed by atoms with Gasteiger partial charge in [-0.15, -0.1) is 0 Å². The number of carbonyl (C=O) groups excluding carboxylic acids is 1. The molecule has 4 heteroatoms. The van der Waals surface area contributed by atoms with Gasteiger partial charge < -0.3 is 10.5 Å². The molecule has 1 atom stereocenters. The first-order valence-corrected chi connectivity index (χ1v) is 6.85. The van der Waals surface area contributed by atoms with E-state index >= 15 is 0 Å². The van der Waals surface area contributed by atoms with Gasteiger partial charge in [-0.3, -0.25) is 10.1 Å². The van der Waals surface area contributed by atoms with Crippen LogP contribution in [0.2, 0.25) is 0 Å². The second kappa shape index (κ2) is 7.92. The molecule has 1 amide bonds. The summed E-state index contributed by atoms with van der Waals surface area (Å²) >= 11 is 0. The summed E-state index contributed by atoms with van der Waals surface area (Å²) in [5, 5.41) is 3.23. The lowest BCUT2D eigenvalue weighted by Gasteiger charge is -2.32. The third-order valence-corrected chi connectivity index (χ3v) is 3.14. The van der Waals surface area contributed by atoms with Crippen molar-refractivity contribution < 1.29 is 9.53 Å². The fourth-order valence-corrected chi connectivity index (χ4v) is 2.18. The van der Waals surface area contributed by atoms with Crippen LogP contribution < -0.4 is 11.1 Å². The van der Waals surface area contributed by atoms with Crippen LogP contribution in [0.1, 0.15) is 32.3 Å². The molecule has 1 unspecified atom stereocenters. The highest BCUT2D eigenvalue weighted by Gasteiger charge is 2.37. The van der Waals surface area contributed by atoms with Crippen LogP contribution in [0.15, 0.2) is 30.3 Å². The van der Waals surface area contributed by atoms with Gasteiger partial charge in [-0.05, 0) is 18.5 Å².